The highest BCUT2D eigenvalue weighted by Gasteiger charge is 2.12. The third-order valence-corrected chi connectivity index (χ3v) is 2.73. The van der Waals surface area contributed by atoms with Gasteiger partial charge < -0.3 is 14.7 Å². The minimum Gasteiger partial charge on any atom is -0.493 e. The van der Waals surface area contributed by atoms with Gasteiger partial charge in [-0.2, -0.15) is 0 Å². The Balaban J connectivity index is 2.33. The number of carboxylic acid groups (broad SMARTS) is 1. The summed E-state index contributed by atoms with van der Waals surface area (Å²) in [5, 5.41) is 8.59. The smallest absolute Gasteiger partial charge is 0.305 e. The summed E-state index contributed by atoms with van der Waals surface area (Å²) >= 11 is 0. The van der Waals surface area contributed by atoms with E-state index in [9.17, 15) is 14.0 Å². The number of hydrogen-bond donors (Lipinski definition) is 1. The molecule has 0 aliphatic rings. The zero-order chi connectivity index (χ0) is 15.0. The van der Waals surface area contributed by atoms with E-state index < -0.39 is 5.97 Å². The van der Waals surface area contributed by atoms with Crippen LogP contribution in [0.15, 0.2) is 24.3 Å². The van der Waals surface area contributed by atoms with Gasteiger partial charge in [0.25, 0.3) is 0 Å². The van der Waals surface area contributed by atoms with Crippen LogP contribution in [0, 0.1) is 5.82 Å². The molecule has 1 N–H and O–H groups in total. The average Bonchev–Trinajstić information content (AvgIpc) is 2.41. The minimum absolute atomic E-state index is 0.0710. The van der Waals surface area contributed by atoms with Crippen molar-refractivity contribution in [2.45, 2.75) is 19.8 Å². The molecule has 0 radical (unpaired) electrons. The highest BCUT2D eigenvalue weighted by molar-refractivity contribution is 5.77. The molecule has 0 aliphatic heterocycles. The van der Waals surface area contributed by atoms with E-state index in [1.165, 1.54) is 29.2 Å². The third-order valence-electron chi connectivity index (χ3n) is 2.73. The largest absolute Gasteiger partial charge is 0.493 e. The number of ether oxygens (including phenoxy) is 1. The normalized spacial score (nSPS) is 10.1. The molecule has 0 spiro atoms. The van der Waals surface area contributed by atoms with Gasteiger partial charge in [-0.3, -0.25) is 9.59 Å². The Labute approximate surface area is 117 Å². The number of rotatable bonds is 8. The van der Waals surface area contributed by atoms with E-state index in [0.29, 0.717) is 12.3 Å². The summed E-state index contributed by atoms with van der Waals surface area (Å²) in [5.74, 6) is -0.943. The lowest BCUT2D eigenvalue weighted by Crippen LogP contribution is -2.33. The molecule has 0 fully saturated rings. The molecular weight excluding hydrogens is 265 g/mol. The second-order valence-electron chi connectivity index (χ2n) is 4.17. The summed E-state index contributed by atoms with van der Waals surface area (Å²) in [6, 6.07) is 5.54. The number of nitrogens with zero attached hydrogens (tertiary/aromatic N) is 1. The molecular formula is C14H18FNO4. The fourth-order valence-corrected chi connectivity index (χ4v) is 1.63. The van der Waals surface area contributed by atoms with Crippen LogP contribution in [-0.4, -0.2) is 41.6 Å². The monoisotopic (exact) mass is 283 g/mol. The van der Waals surface area contributed by atoms with E-state index >= 15 is 0 Å². The van der Waals surface area contributed by atoms with Crippen LogP contribution >= 0.6 is 0 Å². The average molecular weight is 283 g/mol. The molecule has 6 heteroatoms. The van der Waals surface area contributed by atoms with Gasteiger partial charge in [-0.05, 0) is 31.2 Å². The number of carboxylic acids is 1. The molecule has 110 valence electrons. The summed E-state index contributed by atoms with van der Waals surface area (Å²) in [6.07, 6.45) is 0.0865. The van der Waals surface area contributed by atoms with Crippen molar-refractivity contribution in [1.29, 1.82) is 0 Å². The van der Waals surface area contributed by atoms with Gasteiger partial charge in [0, 0.05) is 13.1 Å². The molecule has 0 saturated heterocycles. The summed E-state index contributed by atoms with van der Waals surface area (Å²) in [7, 11) is 0. The number of carbonyl (C=O) groups is 2. The molecule has 0 unspecified atom stereocenters. The first kappa shape index (κ1) is 15.9. The maximum atomic E-state index is 12.7. The van der Waals surface area contributed by atoms with E-state index in [1.807, 2.05) is 0 Å². The molecule has 1 amide bonds. The Morgan fingerprint density at radius 2 is 1.90 bits per heavy atom. The van der Waals surface area contributed by atoms with Gasteiger partial charge >= 0.3 is 5.97 Å². The van der Waals surface area contributed by atoms with Crippen LogP contribution in [0.4, 0.5) is 4.39 Å². The maximum Gasteiger partial charge on any atom is 0.305 e. The van der Waals surface area contributed by atoms with Crippen molar-refractivity contribution >= 4 is 11.9 Å². The van der Waals surface area contributed by atoms with Gasteiger partial charge in [-0.15, -0.1) is 0 Å². The van der Waals surface area contributed by atoms with E-state index in [4.69, 9.17) is 9.84 Å². The van der Waals surface area contributed by atoms with Crippen molar-refractivity contribution in [3.8, 4) is 5.75 Å². The lowest BCUT2D eigenvalue weighted by atomic mass is 10.3. The Morgan fingerprint density at radius 3 is 2.45 bits per heavy atom. The van der Waals surface area contributed by atoms with Crippen LogP contribution in [0.25, 0.3) is 0 Å². The molecule has 20 heavy (non-hydrogen) atoms. The first-order valence-corrected chi connectivity index (χ1v) is 6.41. The number of carbonyl (C=O) groups excluding carboxylic acids is 1. The number of benzene rings is 1. The Hall–Kier alpha value is -2.11. The molecule has 0 heterocycles. The van der Waals surface area contributed by atoms with Crippen molar-refractivity contribution in [3.05, 3.63) is 30.1 Å². The second kappa shape index (κ2) is 8.14. The van der Waals surface area contributed by atoms with Gasteiger partial charge in [-0.1, -0.05) is 0 Å². The van der Waals surface area contributed by atoms with E-state index in [2.05, 4.69) is 0 Å². The van der Waals surface area contributed by atoms with E-state index in [0.717, 1.165) is 0 Å². The van der Waals surface area contributed by atoms with Crippen molar-refractivity contribution in [2.24, 2.45) is 0 Å². The van der Waals surface area contributed by atoms with Crippen LogP contribution in [0.3, 0.4) is 0 Å². The van der Waals surface area contributed by atoms with Gasteiger partial charge in [0.1, 0.15) is 11.6 Å². The number of aliphatic carboxylic acids is 1. The quantitative estimate of drug-likeness (QED) is 0.791. The Morgan fingerprint density at radius 1 is 1.25 bits per heavy atom. The molecule has 1 aromatic carbocycles. The van der Waals surface area contributed by atoms with Crippen LogP contribution in [0.5, 0.6) is 5.75 Å². The van der Waals surface area contributed by atoms with Crippen LogP contribution in [0.2, 0.25) is 0 Å². The second-order valence-corrected chi connectivity index (χ2v) is 4.17. The summed E-state index contributed by atoms with van der Waals surface area (Å²) in [6.45, 7) is 2.62. The van der Waals surface area contributed by atoms with E-state index in [1.54, 1.807) is 6.92 Å². The number of hydrogen-bond acceptors (Lipinski definition) is 3. The zero-order valence-corrected chi connectivity index (χ0v) is 11.3. The Kier molecular flexibility index (Phi) is 6.49. The topological polar surface area (TPSA) is 66.8 Å². The summed E-state index contributed by atoms with van der Waals surface area (Å²) < 4.78 is 18.0. The molecule has 0 aliphatic carbocycles. The van der Waals surface area contributed by atoms with E-state index in [-0.39, 0.29) is 37.7 Å². The first-order chi connectivity index (χ1) is 9.52. The summed E-state index contributed by atoms with van der Waals surface area (Å²) in [5.41, 5.74) is 0. The fourth-order valence-electron chi connectivity index (χ4n) is 1.63. The third kappa shape index (κ3) is 5.69. The minimum atomic E-state index is -0.932. The van der Waals surface area contributed by atoms with Gasteiger partial charge in [-0.25, -0.2) is 4.39 Å². The predicted octanol–water partition coefficient (Wildman–Crippen LogP) is 1.92. The summed E-state index contributed by atoms with van der Waals surface area (Å²) in [4.78, 5) is 23.8. The lowest BCUT2D eigenvalue weighted by Gasteiger charge is -2.20. The van der Waals surface area contributed by atoms with Crippen LogP contribution < -0.4 is 4.74 Å². The predicted molar refractivity (Wildman–Crippen MR) is 71.0 cm³/mol. The number of halogens is 1. The highest BCUT2D eigenvalue weighted by atomic mass is 19.1. The van der Waals surface area contributed by atoms with Crippen molar-refractivity contribution in [1.82, 2.24) is 4.90 Å². The van der Waals surface area contributed by atoms with Crippen molar-refractivity contribution < 1.29 is 23.8 Å². The molecule has 0 bridgehead atoms. The maximum absolute atomic E-state index is 12.7. The zero-order valence-electron chi connectivity index (χ0n) is 11.3. The standard InChI is InChI=1S/C14H18FNO4/c1-2-16(9-7-14(18)19)13(17)8-10-20-12-5-3-11(15)4-6-12/h3-6H,2,7-10H2,1H3,(H,18,19). The van der Waals surface area contributed by atoms with Crippen LogP contribution in [-0.2, 0) is 9.59 Å². The fraction of sp³-hybridized carbons (Fsp3) is 0.429. The van der Waals surface area contributed by atoms with Gasteiger partial charge in [0.2, 0.25) is 5.91 Å². The highest BCUT2D eigenvalue weighted by Crippen LogP contribution is 2.11. The van der Waals surface area contributed by atoms with Crippen molar-refractivity contribution in [2.75, 3.05) is 19.7 Å². The Bertz CT molecular complexity index is 447. The molecule has 1 rings (SSSR count). The van der Waals surface area contributed by atoms with Crippen molar-refractivity contribution in [3.63, 3.8) is 0 Å². The van der Waals surface area contributed by atoms with Gasteiger partial charge in [0.05, 0.1) is 19.4 Å². The molecule has 1 aromatic rings. The molecule has 0 aromatic heterocycles. The SMILES string of the molecule is CCN(CCC(=O)O)C(=O)CCOc1ccc(F)cc1. The molecule has 0 atom stereocenters. The molecule has 0 saturated carbocycles. The first-order valence-electron chi connectivity index (χ1n) is 6.41. The molecule has 5 nitrogen and oxygen atoms in total. The lowest BCUT2D eigenvalue weighted by molar-refractivity contribution is -0.138. The van der Waals surface area contributed by atoms with Crippen LogP contribution in [0.1, 0.15) is 19.8 Å². The van der Waals surface area contributed by atoms with Gasteiger partial charge in [0.15, 0.2) is 0 Å². The number of amides is 1.